The van der Waals surface area contributed by atoms with Crippen molar-refractivity contribution in [3.8, 4) is 11.1 Å². The molecule has 0 spiro atoms. The van der Waals surface area contributed by atoms with Crippen molar-refractivity contribution in [3.63, 3.8) is 0 Å². The van der Waals surface area contributed by atoms with Gasteiger partial charge in [0.1, 0.15) is 18.8 Å². The van der Waals surface area contributed by atoms with Crippen molar-refractivity contribution in [2.24, 2.45) is 5.73 Å². The number of nitrogens with one attached hydrogen (secondary N) is 2. The fourth-order valence-corrected chi connectivity index (χ4v) is 5.53. The number of primary amides is 1. The Kier molecular flexibility index (Phi) is 7.90. The van der Waals surface area contributed by atoms with E-state index in [2.05, 4.69) is 25.9 Å². The molecule has 4 N–H and O–H groups in total. The Balaban J connectivity index is 1.23. The highest BCUT2D eigenvalue weighted by molar-refractivity contribution is 6.05. The van der Waals surface area contributed by atoms with E-state index in [0.717, 1.165) is 10.5 Å². The van der Waals surface area contributed by atoms with E-state index >= 15 is 4.39 Å². The average molecular weight is 611 g/mol. The van der Waals surface area contributed by atoms with Crippen LogP contribution in [0.1, 0.15) is 22.5 Å². The molecule has 0 bridgehead atoms. The molecule has 0 unspecified atom stereocenters. The van der Waals surface area contributed by atoms with E-state index in [1.165, 1.54) is 16.9 Å². The third kappa shape index (κ3) is 5.92. The van der Waals surface area contributed by atoms with Gasteiger partial charge in [0.25, 0.3) is 5.91 Å². The second-order valence-electron chi connectivity index (χ2n) is 10.7. The third-order valence-corrected chi connectivity index (χ3v) is 7.68. The predicted octanol–water partition coefficient (Wildman–Crippen LogP) is 4.36. The van der Waals surface area contributed by atoms with Crippen LogP contribution in [0, 0.1) is 12.7 Å². The Hall–Kier alpha value is -5.72. The Morgan fingerprint density at radius 1 is 1.02 bits per heavy atom. The normalized spacial score (nSPS) is 16.1. The van der Waals surface area contributed by atoms with E-state index in [1.807, 2.05) is 19.1 Å². The quantitative estimate of drug-likeness (QED) is 0.236. The number of hydrogen-bond donors (Lipinski definition) is 3. The molecule has 13 heteroatoms. The molecule has 0 saturated carbocycles. The number of aromatic nitrogens is 4. The summed E-state index contributed by atoms with van der Waals surface area (Å²) in [6.45, 7) is 1.14. The molecular weight excluding hydrogens is 582 g/mol. The summed E-state index contributed by atoms with van der Waals surface area (Å²) in [6, 6.07) is 19.1. The number of amides is 3. The van der Waals surface area contributed by atoms with Crippen molar-refractivity contribution in [1.82, 2.24) is 24.9 Å². The van der Waals surface area contributed by atoms with E-state index in [0.29, 0.717) is 33.5 Å². The maximum Gasteiger partial charge on any atom is 0.269 e. The molecule has 3 heterocycles. The zero-order chi connectivity index (χ0) is 31.7. The summed E-state index contributed by atoms with van der Waals surface area (Å²) >= 11 is 0. The topological polar surface area (TPSA) is 148 Å². The molecular formula is C32H28F2N8O3. The smallest absolute Gasteiger partial charge is 0.269 e. The lowest BCUT2D eigenvalue weighted by Crippen LogP contribution is -2.44. The zero-order valence-corrected chi connectivity index (χ0v) is 24.1. The molecule has 3 aromatic carbocycles. The van der Waals surface area contributed by atoms with E-state index in [1.54, 1.807) is 54.6 Å². The molecule has 0 radical (unpaired) electrons. The van der Waals surface area contributed by atoms with Crippen LogP contribution < -0.4 is 16.4 Å². The lowest BCUT2D eigenvalue weighted by Gasteiger charge is -2.24. The first-order valence-electron chi connectivity index (χ1n) is 14.1. The van der Waals surface area contributed by atoms with Gasteiger partial charge in [-0.25, -0.2) is 8.78 Å². The number of likely N-dealkylation sites (tertiary alicyclic amines) is 1. The third-order valence-electron chi connectivity index (χ3n) is 7.68. The highest BCUT2D eigenvalue weighted by Gasteiger charge is 2.40. The van der Waals surface area contributed by atoms with E-state index in [-0.39, 0.29) is 24.3 Å². The minimum Gasteiger partial charge on any atom is -0.364 e. The molecule has 1 saturated heterocycles. The van der Waals surface area contributed by atoms with Gasteiger partial charge in [0.05, 0.1) is 17.7 Å². The summed E-state index contributed by atoms with van der Waals surface area (Å²) in [5.74, 6) is -2.29. The van der Waals surface area contributed by atoms with Crippen molar-refractivity contribution in [2.45, 2.75) is 32.1 Å². The molecule has 45 heavy (non-hydrogen) atoms. The maximum atomic E-state index is 15.5. The van der Waals surface area contributed by atoms with Crippen molar-refractivity contribution < 1.29 is 23.2 Å². The van der Waals surface area contributed by atoms with Crippen LogP contribution in [0.15, 0.2) is 79.0 Å². The maximum absolute atomic E-state index is 15.5. The Morgan fingerprint density at radius 2 is 1.82 bits per heavy atom. The second-order valence-corrected chi connectivity index (χ2v) is 10.7. The molecule has 0 aliphatic carbocycles. The molecule has 5 aromatic rings. The zero-order valence-electron chi connectivity index (χ0n) is 24.1. The number of aryl methyl sites for hydroxylation is 1. The Bertz CT molecular complexity index is 1930. The molecule has 2 aromatic heterocycles. The van der Waals surface area contributed by atoms with Gasteiger partial charge >= 0.3 is 0 Å². The first kappa shape index (κ1) is 29.4. The molecule has 11 nitrogen and oxygen atoms in total. The minimum absolute atomic E-state index is 0.0660. The van der Waals surface area contributed by atoms with Crippen LogP contribution in [-0.2, 0) is 16.1 Å². The first-order valence-corrected chi connectivity index (χ1v) is 14.1. The lowest BCUT2D eigenvalue weighted by molar-refractivity contribution is -0.137. The number of benzene rings is 3. The van der Waals surface area contributed by atoms with Crippen LogP contribution in [0.3, 0.4) is 0 Å². The predicted molar refractivity (Wildman–Crippen MR) is 164 cm³/mol. The number of anilines is 3. The number of nitrogens with two attached hydrogens (primary N) is 1. The highest BCUT2D eigenvalue weighted by Crippen LogP contribution is 2.31. The number of hydrogen-bond acceptors (Lipinski definition) is 7. The number of carbonyl (C=O) groups excluding carboxylic acids is 3. The summed E-state index contributed by atoms with van der Waals surface area (Å²) in [6.07, 6.45) is -0.179. The van der Waals surface area contributed by atoms with Gasteiger partial charge in [0.15, 0.2) is 17.3 Å². The monoisotopic (exact) mass is 610 g/mol. The van der Waals surface area contributed by atoms with Gasteiger partial charge in [0.2, 0.25) is 11.8 Å². The minimum atomic E-state index is -1.46. The molecule has 1 aliphatic heterocycles. The second kappa shape index (κ2) is 12.1. The summed E-state index contributed by atoms with van der Waals surface area (Å²) < 4.78 is 31.5. The molecule has 1 aliphatic rings. The molecule has 2 atom stereocenters. The summed E-state index contributed by atoms with van der Waals surface area (Å²) in [7, 11) is 0. The van der Waals surface area contributed by atoms with Crippen molar-refractivity contribution in [2.75, 3.05) is 17.2 Å². The highest BCUT2D eigenvalue weighted by atomic mass is 19.1. The van der Waals surface area contributed by atoms with Gasteiger partial charge in [-0.2, -0.15) is 10.2 Å². The van der Waals surface area contributed by atoms with Gasteiger partial charge in [-0.1, -0.05) is 36.4 Å². The number of rotatable bonds is 8. The Labute approximate surface area is 256 Å². The number of alkyl halides is 1. The van der Waals surface area contributed by atoms with Crippen LogP contribution in [0.5, 0.6) is 0 Å². The fraction of sp³-hybridized carbons (Fsp3) is 0.188. The molecule has 3 amide bonds. The van der Waals surface area contributed by atoms with Crippen molar-refractivity contribution in [1.29, 1.82) is 0 Å². The molecule has 6 rings (SSSR count). The lowest BCUT2D eigenvalue weighted by atomic mass is 9.99. The van der Waals surface area contributed by atoms with Crippen LogP contribution in [0.4, 0.5) is 26.0 Å². The standard InChI is InChI=1S/C32H28F2N8O3/c1-18-6-2-3-7-21(18)22-8-4-9-24(29(22)34)38-32(45)26-14-19(33)16-41(26)28(43)17-42-25-12-11-20(37-27-10-5-13-36-39-27)15-23(25)30(40-42)31(35)44/h2-13,15,19,26H,14,16-17H2,1H3,(H2,35,44)(H,37,39)(H,38,45)/t19-,26+/m1/s1. The van der Waals surface area contributed by atoms with Crippen molar-refractivity contribution >= 4 is 45.8 Å². The SMILES string of the molecule is Cc1ccccc1-c1cccc(NC(=O)[C@@H]2C[C@@H](F)CN2C(=O)Cn2nc(C(N)=O)c3cc(Nc4cccnn4)ccc32)c1F. The number of nitrogens with zero attached hydrogens (tertiary/aromatic N) is 5. The Morgan fingerprint density at radius 3 is 2.58 bits per heavy atom. The molecule has 228 valence electrons. The molecule has 1 fully saturated rings. The van der Waals surface area contributed by atoms with Crippen LogP contribution in [0.25, 0.3) is 22.0 Å². The van der Waals surface area contributed by atoms with Crippen LogP contribution >= 0.6 is 0 Å². The fourth-order valence-electron chi connectivity index (χ4n) is 5.53. The first-order chi connectivity index (χ1) is 21.7. The van der Waals surface area contributed by atoms with Crippen LogP contribution in [0.2, 0.25) is 0 Å². The van der Waals surface area contributed by atoms with Gasteiger partial charge in [0, 0.05) is 29.3 Å². The van der Waals surface area contributed by atoms with Gasteiger partial charge in [-0.3, -0.25) is 19.1 Å². The average Bonchev–Trinajstić information content (AvgIpc) is 3.59. The van der Waals surface area contributed by atoms with Gasteiger partial charge < -0.3 is 21.3 Å². The van der Waals surface area contributed by atoms with Crippen LogP contribution in [-0.4, -0.2) is 61.4 Å². The van der Waals surface area contributed by atoms with Gasteiger partial charge in [-0.05, 0) is 54.4 Å². The van der Waals surface area contributed by atoms with Gasteiger partial charge in [-0.15, -0.1) is 5.10 Å². The summed E-state index contributed by atoms with van der Waals surface area (Å²) in [4.78, 5) is 40.2. The van der Waals surface area contributed by atoms with Crippen molar-refractivity contribution in [3.05, 3.63) is 96.1 Å². The number of fused-ring (bicyclic) bond motifs is 1. The number of halogens is 2. The van der Waals surface area contributed by atoms with E-state index in [4.69, 9.17) is 5.73 Å². The number of carbonyl (C=O) groups is 3. The van der Waals surface area contributed by atoms with E-state index in [9.17, 15) is 18.8 Å². The summed E-state index contributed by atoms with van der Waals surface area (Å²) in [5.41, 5.74) is 8.28. The largest absolute Gasteiger partial charge is 0.364 e. The summed E-state index contributed by atoms with van der Waals surface area (Å²) in [5, 5.41) is 18.0. The van der Waals surface area contributed by atoms with E-state index < -0.39 is 42.3 Å².